The smallest absolute Gasteiger partial charge is 0.124 e. The van der Waals surface area contributed by atoms with Gasteiger partial charge in [-0.05, 0) is 31.9 Å². The van der Waals surface area contributed by atoms with E-state index in [1.54, 1.807) is 4.68 Å². The Hall–Kier alpha value is -1.59. The summed E-state index contributed by atoms with van der Waals surface area (Å²) in [6.45, 7) is 2.93. The molecule has 0 amide bonds. The molecule has 1 aromatic heterocycles. The van der Waals surface area contributed by atoms with Gasteiger partial charge in [0, 0.05) is 35.3 Å². The van der Waals surface area contributed by atoms with Gasteiger partial charge in [-0.1, -0.05) is 22.9 Å². The molecule has 4 rings (SSSR count). The topological polar surface area (TPSA) is 52.0 Å². The number of benzene rings is 1. The minimum absolute atomic E-state index is 0.0345. The van der Waals surface area contributed by atoms with Gasteiger partial charge in [0.15, 0.2) is 0 Å². The van der Waals surface area contributed by atoms with E-state index in [1.807, 2.05) is 25.4 Å². The van der Waals surface area contributed by atoms with E-state index >= 15 is 0 Å². The molecule has 3 atom stereocenters. The first-order valence-corrected chi connectivity index (χ1v) is 7.99. The van der Waals surface area contributed by atoms with Crippen molar-refractivity contribution in [3.63, 3.8) is 0 Å². The van der Waals surface area contributed by atoms with Gasteiger partial charge in [-0.3, -0.25) is 4.68 Å². The Morgan fingerprint density at radius 3 is 3.05 bits per heavy atom. The fraction of sp³-hybridized carbons (Fsp3) is 0.500. The van der Waals surface area contributed by atoms with Gasteiger partial charge in [-0.15, -0.1) is 5.10 Å². The van der Waals surface area contributed by atoms with Crippen LogP contribution < -0.4 is 10.1 Å². The quantitative estimate of drug-likeness (QED) is 0.878. The maximum Gasteiger partial charge on any atom is 0.124 e. The molecule has 3 heterocycles. The number of rotatable bonds is 1. The molecular weight excluding hydrogens is 300 g/mol. The highest BCUT2D eigenvalue weighted by Gasteiger charge is 2.47. The zero-order valence-corrected chi connectivity index (χ0v) is 13.5. The second-order valence-electron chi connectivity index (χ2n) is 6.56. The fourth-order valence-electron chi connectivity index (χ4n) is 3.92. The van der Waals surface area contributed by atoms with Crippen LogP contribution in [0.25, 0.3) is 0 Å². The summed E-state index contributed by atoms with van der Waals surface area (Å²) in [5, 5.41) is 12.7. The molecular formula is C16H19ClN4O. The van der Waals surface area contributed by atoms with Crippen molar-refractivity contribution in [1.82, 2.24) is 20.3 Å². The minimum Gasteiger partial charge on any atom is -0.492 e. The predicted molar refractivity (Wildman–Crippen MR) is 84.2 cm³/mol. The van der Waals surface area contributed by atoms with Gasteiger partial charge in [0.25, 0.3) is 0 Å². The van der Waals surface area contributed by atoms with Crippen LogP contribution in [0.5, 0.6) is 5.75 Å². The number of aromatic nitrogens is 3. The van der Waals surface area contributed by atoms with Crippen LogP contribution in [-0.4, -0.2) is 27.6 Å². The summed E-state index contributed by atoms with van der Waals surface area (Å²) >= 11 is 6.09. The molecule has 2 aromatic rings. The van der Waals surface area contributed by atoms with Crippen molar-refractivity contribution in [3.8, 4) is 5.75 Å². The predicted octanol–water partition coefficient (Wildman–Crippen LogP) is 2.61. The van der Waals surface area contributed by atoms with Crippen molar-refractivity contribution in [2.24, 2.45) is 7.05 Å². The number of halogens is 1. The maximum absolute atomic E-state index is 6.09. The Morgan fingerprint density at radius 2 is 2.27 bits per heavy atom. The SMILES string of the molecule is C[C@H]1CC2(COc3cc(Cl)ccc32)C[C@@H](c2cn(C)nn2)N1. The van der Waals surface area contributed by atoms with E-state index < -0.39 is 0 Å². The number of nitrogens with one attached hydrogen (secondary N) is 1. The Balaban J connectivity index is 1.71. The molecule has 116 valence electrons. The summed E-state index contributed by atoms with van der Waals surface area (Å²) in [5.41, 5.74) is 2.31. The summed E-state index contributed by atoms with van der Waals surface area (Å²) in [4.78, 5) is 0. The lowest BCUT2D eigenvalue weighted by atomic mass is 9.70. The molecule has 0 aliphatic carbocycles. The standard InChI is InChI=1S/C16H19ClN4O/c1-10-6-16(7-13(18-10)14-8-21(2)20-19-14)9-22-15-5-11(17)3-4-12(15)16/h3-5,8,10,13,18H,6-7,9H2,1-2H3/t10-,13-,16?/m0/s1. The van der Waals surface area contributed by atoms with Crippen LogP contribution in [0, 0.1) is 0 Å². The Kier molecular flexibility index (Phi) is 3.16. The lowest BCUT2D eigenvalue weighted by Crippen LogP contribution is -2.47. The van der Waals surface area contributed by atoms with Crippen LogP contribution in [0.1, 0.15) is 37.1 Å². The molecule has 0 radical (unpaired) electrons. The second kappa shape index (κ2) is 4.96. The van der Waals surface area contributed by atoms with E-state index in [0.29, 0.717) is 12.6 Å². The highest BCUT2D eigenvalue weighted by Crippen LogP contribution is 2.49. The number of nitrogens with zero attached hydrogens (tertiary/aromatic N) is 3. The molecule has 1 aromatic carbocycles. The van der Waals surface area contributed by atoms with Gasteiger partial charge >= 0.3 is 0 Å². The fourth-order valence-corrected chi connectivity index (χ4v) is 4.08. The molecule has 0 bridgehead atoms. The van der Waals surface area contributed by atoms with Crippen molar-refractivity contribution >= 4 is 11.6 Å². The first kappa shape index (κ1) is 14.0. The lowest BCUT2D eigenvalue weighted by molar-refractivity contribution is 0.165. The van der Waals surface area contributed by atoms with Crippen LogP contribution >= 0.6 is 11.6 Å². The van der Waals surface area contributed by atoms with Crippen LogP contribution in [0.15, 0.2) is 24.4 Å². The van der Waals surface area contributed by atoms with Crippen molar-refractivity contribution in [3.05, 3.63) is 40.7 Å². The number of aryl methyl sites for hydroxylation is 1. The van der Waals surface area contributed by atoms with Gasteiger partial charge in [0.2, 0.25) is 0 Å². The van der Waals surface area contributed by atoms with E-state index in [-0.39, 0.29) is 11.5 Å². The van der Waals surface area contributed by atoms with Crippen LogP contribution in [0.3, 0.4) is 0 Å². The third-order valence-corrected chi connectivity index (χ3v) is 5.01. The first-order chi connectivity index (χ1) is 10.6. The Labute approximate surface area is 134 Å². The van der Waals surface area contributed by atoms with Gasteiger partial charge < -0.3 is 10.1 Å². The molecule has 2 aliphatic rings. The molecule has 1 spiro atoms. The third kappa shape index (κ3) is 2.20. The van der Waals surface area contributed by atoms with E-state index in [2.05, 4.69) is 28.6 Å². The summed E-state index contributed by atoms with van der Waals surface area (Å²) in [6.07, 6.45) is 4.01. The summed E-state index contributed by atoms with van der Waals surface area (Å²) in [6, 6.07) is 6.60. The van der Waals surface area contributed by atoms with E-state index in [0.717, 1.165) is 29.3 Å². The van der Waals surface area contributed by atoms with Gasteiger partial charge in [0.1, 0.15) is 5.75 Å². The molecule has 5 nitrogen and oxygen atoms in total. The van der Waals surface area contributed by atoms with Crippen molar-refractivity contribution in [1.29, 1.82) is 0 Å². The van der Waals surface area contributed by atoms with E-state index in [4.69, 9.17) is 16.3 Å². The summed E-state index contributed by atoms with van der Waals surface area (Å²) in [7, 11) is 1.90. The Bertz CT molecular complexity index is 716. The van der Waals surface area contributed by atoms with Crippen LogP contribution in [0.2, 0.25) is 5.02 Å². The average molecular weight is 319 g/mol. The second-order valence-corrected chi connectivity index (χ2v) is 6.99. The highest BCUT2D eigenvalue weighted by atomic mass is 35.5. The molecule has 22 heavy (non-hydrogen) atoms. The maximum atomic E-state index is 6.09. The summed E-state index contributed by atoms with van der Waals surface area (Å²) in [5.74, 6) is 0.930. The number of fused-ring (bicyclic) bond motifs is 2. The number of hydrogen-bond donors (Lipinski definition) is 1. The molecule has 1 saturated heterocycles. The van der Waals surface area contributed by atoms with E-state index in [9.17, 15) is 0 Å². The molecule has 6 heteroatoms. The van der Waals surface area contributed by atoms with Gasteiger partial charge in [0.05, 0.1) is 18.3 Å². The third-order valence-electron chi connectivity index (χ3n) is 4.77. The Morgan fingerprint density at radius 1 is 1.41 bits per heavy atom. The number of ether oxygens (including phenoxy) is 1. The highest BCUT2D eigenvalue weighted by molar-refractivity contribution is 6.30. The van der Waals surface area contributed by atoms with Crippen molar-refractivity contribution < 1.29 is 4.74 Å². The molecule has 2 aliphatic heterocycles. The molecule has 1 fully saturated rings. The monoisotopic (exact) mass is 318 g/mol. The minimum atomic E-state index is 0.0345. The number of hydrogen-bond acceptors (Lipinski definition) is 4. The molecule has 1 N–H and O–H groups in total. The van der Waals surface area contributed by atoms with Crippen LogP contribution in [0.4, 0.5) is 0 Å². The largest absolute Gasteiger partial charge is 0.492 e. The normalized spacial score (nSPS) is 30.3. The zero-order valence-electron chi connectivity index (χ0n) is 12.7. The van der Waals surface area contributed by atoms with Gasteiger partial charge in [-0.25, -0.2) is 0 Å². The molecule has 0 saturated carbocycles. The van der Waals surface area contributed by atoms with E-state index in [1.165, 1.54) is 5.56 Å². The lowest BCUT2D eigenvalue weighted by Gasteiger charge is -2.40. The van der Waals surface area contributed by atoms with Crippen molar-refractivity contribution in [2.75, 3.05) is 6.61 Å². The summed E-state index contributed by atoms with van der Waals surface area (Å²) < 4.78 is 7.71. The number of piperidine rings is 1. The van der Waals surface area contributed by atoms with Gasteiger partial charge in [-0.2, -0.15) is 0 Å². The van der Waals surface area contributed by atoms with Crippen LogP contribution in [-0.2, 0) is 12.5 Å². The first-order valence-electron chi connectivity index (χ1n) is 7.61. The zero-order chi connectivity index (χ0) is 15.3. The molecule has 1 unspecified atom stereocenters. The average Bonchev–Trinajstić information content (AvgIpc) is 3.03. The van der Waals surface area contributed by atoms with Crippen molar-refractivity contribution in [2.45, 2.75) is 37.3 Å².